The van der Waals surface area contributed by atoms with Crippen LogP contribution >= 0.6 is 0 Å². The minimum Gasteiger partial charge on any atom is -0.339 e. The first kappa shape index (κ1) is 30.6. The Labute approximate surface area is 203 Å². The number of aryl methyl sites for hydroxylation is 2. The van der Waals surface area contributed by atoms with E-state index in [1.807, 2.05) is 32.6 Å². The Hall–Kier alpha value is -2.42. The molecule has 33 heavy (non-hydrogen) atoms. The maximum absolute atomic E-state index is 12.3. The summed E-state index contributed by atoms with van der Waals surface area (Å²) in [5.41, 5.74) is 4.13. The summed E-state index contributed by atoms with van der Waals surface area (Å²) in [6.07, 6.45) is 5.21. The van der Waals surface area contributed by atoms with E-state index in [0.717, 1.165) is 25.9 Å². The predicted octanol–water partition coefficient (Wildman–Crippen LogP) is 8.29. The Balaban J connectivity index is 0.000000651. The van der Waals surface area contributed by atoms with E-state index in [1.165, 1.54) is 24.0 Å². The van der Waals surface area contributed by atoms with Crippen LogP contribution in [0.2, 0.25) is 0 Å². The molecule has 2 aromatic rings. The Morgan fingerprint density at radius 1 is 0.788 bits per heavy atom. The largest absolute Gasteiger partial charge is 0.339 e. The van der Waals surface area contributed by atoms with Gasteiger partial charge in [0.05, 0.1) is 0 Å². The highest BCUT2D eigenvalue weighted by Gasteiger charge is 2.18. The molecular weight excluding hydrogens is 406 g/mol. The number of ketones is 1. The van der Waals surface area contributed by atoms with E-state index in [-0.39, 0.29) is 11.7 Å². The SMILES string of the molecule is CC.CC(C)CC(=O)c1ccc(C(=O)N2CCCCC2)cc1.CCC.Cc1ccccc1C. The van der Waals surface area contributed by atoms with Crippen LogP contribution < -0.4 is 0 Å². The van der Waals surface area contributed by atoms with Crippen molar-refractivity contribution in [1.29, 1.82) is 0 Å². The summed E-state index contributed by atoms with van der Waals surface area (Å²) < 4.78 is 0. The summed E-state index contributed by atoms with van der Waals surface area (Å²) >= 11 is 0. The molecule has 0 aliphatic carbocycles. The third kappa shape index (κ3) is 12.4. The summed E-state index contributed by atoms with van der Waals surface area (Å²) in [7, 11) is 0. The first-order valence-corrected chi connectivity index (χ1v) is 12.7. The number of rotatable bonds is 4. The van der Waals surface area contributed by atoms with Gasteiger partial charge < -0.3 is 4.90 Å². The van der Waals surface area contributed by atoms with Crippen LogP contribution in [0.1, 0.15) is 105 Å². The molecule has 1 amide bonds. The average molecular weight is 454 g/mol. The van der Waals surface area contributed by atoms with Crippen LogP contribution in [-0.4, -0.2) is 29.7 Å². The van der Waals surface area contributed by atoms with Crippen LogP contribution in [0.15, 0.2) is 48.5 Å². The first-order chi connectivity index (χ1) is 15.8. The van der Waals surface area contributed by atoms with E-state index in [9.17, 15) is 9.59 Å². The standard InChI is InChI=1S/C17H23NO2.C8H10.C3H8.C2H6/c1-13(2)12-16(19)14-6-8-15(9-7-14)17(20)18-10-4-3-5-11-18;1-7-5-3-4-6-8(7)2;1-3-2;1-2/h6-9,13H,3-5,10-12H2,1-2H3;3-6H,1-2H3;3H2,1-2H3;1-2H3. The van der Waals surface area contributed by atoms with Crippen molar-refractivity contribution in [3.8, 4) is 0 Å². The number of Topliss-reactive ketones (excluding diaryl/α,β-unsaturated/α-hetero) is 1. The van der Waals surface area contributed by atoms with Crippen LogP contribution in [0.4, 0.5) is 0 Å². The fraction of sp³-hybridized carbons (Fsp3) is 0.533. The van der Waals surface area contributed by atoms with E-state index < -0.39 is 0 Å². The second-order valence-electron chi connectivity index (χ2n) is 8.74. The highest BCUT2D eigenvalue weighted by molar-refractivity contribution is 5.98. The van der Waals surface area contributed by atoms with Crippen molar-refractivity contribution in [3.05, 3.63) is 70.8 Å². The predicted molar refractivity (Wildman–Crippen MR) is 143 cm³/mol. The van der Waals surface area contributed by atoms with Crippen molar-refractivity contribution >= 4 is 11.7 Å². The van der Waals surface area contributed by atoms with Crippen molar-refractivity contribution < 1.29 is 9.59 Å². The van der Waals surface area contributed by atoms with Gasteiger partial charge in [0.15, 0.2) is 5.78 Å². The van der Waals surface area contributed by atoms with E-state index >= 15 is 0 Å². The molecule has 0 atom stereocenters. The number of nitrogens with zero attached hydrogens (tertiary/aromatic N) is 1. The van der Waals surface area contributed by atoms with Crippen molar-refractivity contribution in [2.75, 3.05) is 13.1 Å². The summed E-state index contributed by atoms with van der Waals surface area (Å²) in [5, 5.41) is 0. The molecule has 0 saturated carbocycles. The second kappa shape index (κ2) is 18.1. The van der Waals surface area contributed by atoms with Crippen LogP contribution in [0.3, 0.4) is 0 Å². The maximum atomic E-state index is 12.3. The number of carbonyl (C=O) groups is 2. The molecule has 0 unspecified atom stereocenters. The number of piperidine rings is 1. The Bertz CT molecular complexity index is 766. The third-order valence-electron chi connectivity index (χ3n) is 5.12. The lowest BCUT2D eigenvalue weighted by atomic mass is 10.00. The number of hydrogen-bond donors (Lipinski definition) is 0. The number of benzene rings is 2. The molecule has 2 aromatic carbocycles. The van der Waals surface area contributed by atoms with Crippen molar-refractivity contribution in [1.82, 2.24) is 4.90 Å². The molecule has 1 saturated heterocycles. The van der Waals surface area contributed by atoms with E-state index in [1.54, 1.807) is 24.3 Å². The van der Waals surface area contributed by atoms with Crippen molar-refractivity contribution in [2.45, 2.75) is 87.5 Å². The molecule has 0 spiro atoms. The molecule has 3 rings (SSSR count). The smallest absolute Gasteiger partial charge is 0.253 e. The molecule has 0 aromatic heterocycles. The summed E-state index contributed by atoms with van der Waals surface area (Å²) in [4.78, 5) is 26.2. The molecule has 3 heteroatoms. The van der Waals surface area contributed by atoms with Gasteiger partial charge in [-0.25, -0.2) is 0 Å². The highest BCUT2D eigenvalue weighted by Crippen LogP contribution is 2.15. The van der Waals surface area contributed by atoms with Gasteiger partial charge in [-0.3, -0.25) is 9.59 Å². The fourth-order valence-electron chi connectivity index (χ4n) is 3.23. The first-order valence-electron chi connectivity index (χ1n) is 12.7. The molecule has 1 aliphatic heterocycles. The van der Waals surface area contributed by atoms with Gasteiger partial charge in [-0.15, -0.1) is 0 Å². The van der Waals surface area contributed by atoms with Crippen LogP contribution in [0.25, 0.3) is 0 Å². The molecule has 1 fully saturated rings. The van der Waals surface area contributed by atoms with Gasteiger partial charge in [-0.2, -0.15) is 0 Å². The Kier molecular flexibility index (Phi) is 16.7. The minimum absolute atomic E-state index is 0.0903. The minimum atomic E-state index is 0.0903. The van der Waals surface area contributed by atoms with E-state index in [4.69, 9.17) is 0 Å². The Morgan fingerprint density at radius 3 is 1.61 bits per heavy atom. The van der Waals surface area contributed by atoms with Gasteiger partial charge in [0.1, 0.15) is 0 Å². The quantitative estimate of drug-likeness (QED) is 0.437. The van der Waals surface area contributed by atoms with Gasteiger partial charge in [-0.05, 0) is 62.3 Å². The molecule has 1 aliphatic rings. The zero-order chi connectivity index (χ0) is 25.2. The molecule has 3 nitrogen and oxygen atoms in total. The van der Waals surface area contributed by atoms with Gasteiger partial charge in [-0.1, -0.05) is 84.4 Å². The fourth-order valence-corrected chi connectivity index (χ4v) is 3.23. The lowest BCUT2D eigenvalue weighted by molar-refractivity contribution is 0.0724. The van der Waals surface area contributed by atoms with Crippen molar-refractivity contribution in [3.63, 3.8) is 0 Å². The van der Waals surface area contributed by atoms with Crippen LogP contribution in [-0.2, 0) is 0 Å². The van der Waals surface area contributed by atoms with Crippen LogP contribution in [0.5, 0.6) is 0 Å². The zero-order valence-corrected chi connectivity index (χ0v) is 22.4. The number of amides is 1. The maximum Gasteiger partial charge on any atom is 0.253 e. The number of carbonyl (C=O) groups excluding carboxylic acids is 2. The van der Waals surface area contributed by atoms with Crippen LogP contribution in [0, 0.1) is 19.8 Å². The second-order valence-corrected chi connectivity index (χ2v) is 8.74. The molecule has 0 N–H and O–H groups in total. The van der Waals surface area contributed by atoms with E-state index in [2.05, 4.69) is 52.0 Å². The van der Waals surface area contributed by atoms with Gasteiger partial charge >= 0.3 is 0 Å². The monoisotopic (exact) mass is 453 g/mol. The molecule has 0 radical (unpaired) electrons. The van der Waals surface area contributed by atoms with Gasteiger partial charge in [0, 0.05) is 30.6 Å². The Morgan fingerprint density at radius 2 is 1.21 bits per heavy atom. The highest BCUT2D eigenvalue weighted by atomic mass is 16.2. The number of likely N-dealkylation sites (tertiary alicyclic amines) is 1. The summed E-state index contributed by atoms with van der Waals surface area (Å²) in [6, 6.07) is 15.5. The average Bonchev–Trinajstić information content (AvgIpc) is 2.83. The topological polar surface area (TPSA) is 37.4 Å². The molecule has 1 heterocycles. The van der Waals surface area contributed by atoms with E-state index in [0.29, 0.717) is 23.5 Å². The summed E-state index contributed by atoms with van der Waals surface area (Å²) in [5.74, 6) is 0.599. The van der Waals surface area contributed by atoms with Gasteiger partial charge in [0.2, 0.25) is 0 Å². The molecule has 184 valence electrons. The molecular formula is C30H47NO2. The number of hydrogen-bond acceptors (Lipinski definition) is 2. The summed E-state index contributed by atoms with van der Waals surface area (Å²) in [6.45, 7) is 18.3. The zero-order valence-electron chi connectivity index (χ0n) is 22.4. The lowest BCUT2D eigenvalue weighted by Gasteiger charge is -2.26. The van der Waals surface area contributed by atoms with Gasteiger partial charge in [0.25, 0.3) is 5.91 Å². The normalized spacial score (nSPS) is 12.3. The lowest BCUT2D eigenvalue weighted by Crippen LogP contribution is -2.35. The third-order valence-corrected chi connectivity index (χ3v) is 5.12. The molecule has 0 bridgehead atoms. The van der Waals surface area contributed by atoms with Crippen molar-refractivity contribution in [2.24, 2.45) is 5.92 Å².